The van der Waals surface area contributed by atoms with Gasteiger partial charge in [0.2, 0.25) is 0 Å². The second kappa shape index (κ2) is 8.20. The van der Waals surface area contributed by atoms with E-state index in [1.807, 2.05) is 0 Å². The van der Waals surface area contributed by atoms with Crippen LogP contribution >= 0.6 is 0 Å². The smallest absolute Gasteiger partial charge is 0.315 e. The summed E-state index contributed by atoms with van der Waals surface area (Å²) in [4.78, 5) is 26.8. The maximum Gasteiger partial charge on any atom is 0.315 e. The molecule has 0 aromatic carbocycles. The van der Waals surface area contributed by atoms with Gasteiger partial charge >= 0.3 is 6.03 Å². The van der Waals surface area contributed by atoms with Crippen molar-refractivity contribution in [3.05, 3.63) is 54.2 Å². The molecule has 0 aliphatic heterocycles. The fourth-order valence-corrected chi connectivity index (χ4v) is 1.47. The summed E-state index contributed by atoms with van der Waals surface area (Å²) in [5.41, 5.74) is 3.05. The fraction of sp³-hybridized carbons (Fsp3) is 0.143. The number of pyridine rings is 1. The Morgan fingerprint density at radius 3 is 2.91 bits per heavy atom. The first kappa shape index (κ1) is 15.2. The Hall–Kier alpha value is -3.16. The van der Waals surface area contributed by atoms with E-state index in [1.165, 1.54) is 12.5 Å². The molecule has 0 radical (unpaired) electrons. The average molecular weight is 301 g/mol. The normalized spacial score (nSPS) is 10.4. The molecular formula is C14H15N5O3. The first-order chi connectivity index (χ1) is 10.7. The van der Waals surface area contributed by atoms with Gasteiger partial charge in [-0.15, -0.1) is 0 Å². The number of hydrazone groups is 1. The van der Waals surface area contributed by atoms with Crippen molar-refractivity contribution >= 4 is 18.2 Å². The molecule has 0 aliphatic rings. The molecule has 3 N–H and O–H groups in total. The number of rotatable bonds is 6. The number of hydrogen-bond donors (Lipinski definition) is 3. The van der Waals surface area contributed by atoms with Crippen LogP contribution in [-0.4, -0.2) is 29.7 Å². The Morgan fingerprint density at radius 1 is 1.27 bits per heavy atom. The Kier molecular flexibility index (Phi) is 5.68. The summed E-state index contributed by atoms with van der Waals surface area (Å²) in [7, 11) is 0. The van der Waals surface area contributed by atoms with Crippen LogP contribution in [0.15, 0.2) is 52.4 Å². The van der Waals surface area contributed by atoms with E-state index in [9.17, 15) is 9.59 Å². The maximum atomic E-state index is 11.5. The zero-order valence-corrected chi connectivity index (χ0v) is 11.7. The molecule has 0 aliphatic carbocycles. The fourth-order valence-electron chi connectivity index (χ4n) is 1.47. The van der Waals surface area contributed by atoms with Crippen LogP contribution in [0.3, 0.4) is 0 Å². The van der Waals surface area contributed by atoms with Gasteiger partial charge in [0.25, 0.3) is 5.91 Å². The monoisotopic (exact) mass is 301 g/mol. The topological polar surface area (TPSA) is 109 Å². The molecule has 3 amide bonds. The number of carbonyl (C=O) groups is 2. The predicted octanol–water partition coefficient (Wildman–Crippen LogP) is 0.624. The SMILES string of the molecule is O=C(CNC(=O)NCc1ccco1)N/N=C/c1cccnc1. The Balaban J connectivity index is 1.62. The summed E-state index contributed by atoms with van der Waals surface area (Å²) < 4.78 is 5.06. The van der Waals surface area contributed by atoms with Crippen molar-refractivity contribution in [2.75, 3.05) is 6.54 Å². The number of furan rings is 1. The van der Waals surface area contributed by atoms with E-state index in [0.29, 0.717) is 5.76 Å². The zero-order valence-electron chi connectivity index (χ0n) is 11.7. The van der Waals surface area contributed by atoms with Crippen LogP contribution in [-0.2, 0) is 11.3 Å². The zero-order chi connectivity index (χ0) is 15.6. The summed E-state index contributed by atoms with van der Waals surface area (Å²) in [6.45, 7) is 0.0635. The molecule has 0 unspecified atom stereocenters. The van der Waals surface area contributed by atoms with E-state index in [-0.39, 0.29) is 13.1 Å². The highest BCUT2D eigenvalue weighted by Gasteiger charge is 2.04. The predicted molar refractivity (Wildman–Crippen MR) is 78.9 cm³/mol. The Bertz CT molecular complexity index is 625. The van der Waals surface area contributed by atoms with Gasteiger partial charge in [-0.1, -0.05) is 6.07 Å². The van der Waals surface area contributed by atoms with Gasteiger partial charge in [-0.25, -0.2) is 10.2 Å². The quantitative estimate of drug-likeness (QED) is 0.537. The maximum absolute atomic E-state index is 11.5. The molecule has 8 heteroatoms. The number of urea groups is 1. The van der Waals surface area contributed by atoms with Gasteiger partial charge in [0.1, 0.15) is 12.3 Å². The molecule has 0 atom stereocenters. The Labute approximate surface area is 126 Å². The minimum atomic E-state index is -0.470. The number of aromatic nitrogens is 1. The van der Waals surface area contributed by atoms with Gasteiger partial charge in [0.15, 0.2) is 0 Å². The standard InChI is InChI=1S/C14H15N5O3/c20-13(19-18-8-11-3-1-5-15-7-11)10-17-14(21)16-9-12-4-2-6-22-12/h1-8H,9-10H2,(H,19,20)(H2,16,17,21)/b18-8+. The van der Waals surface area contributed by atoms with Crippen molar-refractivity contribution in [1.82, 2.24) is 21.0 Å². The molecule has 0 saturated heterocycles. The van der Waals surface area contributed by atoms with Gasteiger partial charge in [0, 0.05) is 18.0 Å². The number of nitrogens with zero attached hydrogens (tertiary/aromatic N) is 2. The van der Waals surface area contributed by atoms with Crippen molar-refractivity contribution in [1.29, 1.82) is 0 Å². The van der Waals surface area contributed by atoms with Crippen LogP contribution in [0.25, 0.3) is 0 Å². The molecule has 2 aromatic rings. The van der Waals surface area contributed by atoms with Gasteiger partial charge in [-0.3, -0.25) is 9.78 Å². The molecule has 2 rings (SSSR count). The van der Waals surface area contributed by atoms with E-state index in [1.54, 1.807) is 36.7 Å². The first-order valence-electron chi connectivity index (χ1n) is 6.50. The molecule has 114 valence electrons. The highest BCUT2D eigenvalue weighted by atomic mass is 16.3. The molecule has 0 spiro atoms. The van der Waals surface area contributed by atoms with Crippen molar-refractivity contribution in [2.24, 2.45) is 5.10 Å². The molecule has 0 fully saturated rings. The van der Waals surface area contributed by atoms with Crippen LogP contribution in [0.2, 0.25) is 0 Å². The van der Waals surface area contributed by atoms with Crippen LogP contribution < -0.4 is 16.1 Å². The van der Waals surface area contributed by atoms with Crippen molar-refractivity contribution in [2.45, 2.75) is 6.54 Å². The summed E-state index contributed by atoms with van der Waals surface area (Å²) in [5.74, 6) is 0.189. The van der Waals surface area contributed by atoms with Crippen LogP contribution in [0.1, 0.15) is 11.3 Å². The van der Waals surface area contributed by atoms with Gasteiger partial charge in [0.05, 0.1) is 19.0 Å². The minimum absolute atomic E-state index is 0.186. The van der Waals surface area contributed by atoms with Gasteiger partial charge < -0.3 is 15.1 Å². The van der Waals surface area contributed by atoms with Gasteiger partial charge in [-0.05, 0) is 18.2 Å². The minimum Gasteiger partial charge on any atom is -0.467 e. The van der Waals surface area contributed by atoms with Crippen LogP contribution in [0, 0.1) is 0 Å². The molecule has 0 saturated carbocycles. The van der Waals surface area contributed by atoms with Crippen LogP contribution in [0.5, 0.6) is 0 Å². The second-order valence-electron chi connectivity index (χ2n) is 4.20. The van der Waals surface area contributed by atoms with E-state index in [0.717, 1.165) is 5.56 Å². The number of nitrogens with one attached hydrogen (secondary N) is 3. The highest BCUT2D eigenvalue weighted by molar-refractivity contribution is 5.85. The largest absolute Gasteiger partial charge is 0.467 e. The number of amides is 3. The van der Waals surface area contributed by atoms with Crippen molar-refractivity contribution < 1.29 is 14.0 Å². The third kappa shape index (κ3) is 5.45. The summed E-state index contributed by atoms with van der Waals surface area (Å²) in [6, 6.07) is 6.54. The third-order valence-electron chi connectivity index (χ3n) is 2.50. The lowest BCUT2D eigenvalue weighted by atomic mass is 10.3. The molecule has 0 bridgehead atoms. The lowest BCUT2D eigenvalue weighted by Gasteiger charge is -2.05. The first-order valence-corrected chi connectivity index (χ1v) is 6.50. The molecule has 8 nitrogen and oxygen atoms in total. The number of carbonyl (C=O) groups excluding carboxylic acids is 2. The van der Waals surface area contributed by atoms with E-state index in [4.69, 9.17) is 4.42 Å². The lowest BCUT2D eigenvalue weighted by Crippen LogP contribution is -2.40. The number of hydrogen-bond acceptors (Lipinski definition) is 5. The highest BCUT2D eigenvalue weighted by Crippen LogP contribution is 1.97. The van der Waals surface area contributed by atoms with Crippen molar-refractivity contribution in [3.8, 4) is 0 Å². The molecule has 2 aromatic heterocycles. The third-order valence-corrected chi connectivity index (χ3v) is 2.50. The van der Waals surface area contributed by atoms with E-state index in [2.05, 4.69) is 26.1 Å². The van der Waals surface area contributed by atoms with E-state index < -0.39 is 11.9 Å². The van der Waals surface area contributed by atoms with Crippen LogP contribution in [0.4, 0.5) is 4.79 Å². The van der Waals surface area contributed by atoms with E-state index >= 15 is 0 Å². The van der Waals surface area contributed by atoms with Gasteiger partial charge in [-0.2, -0.15) is 5.10 Å². The Morgan fingerprint density at radius 2 is 2.18 bits per heavy atom. The molecule has 22 heavy (non-hydrogen) atoms. The molecule has 2 heterocycles. The second-order valence-corrected chi connectivity index (χ2v) is 4.20. The lowest BCUT2D eigenvalue weighted by molar-refractivity contribution is -0.120. The summed E-state index contributed by atoms with van der Waals surface area (Å²) >= 11 is 0. The van der Waals surface area contributed by atoms with Crippen molar-refractivity contribution in [3.63, 3.8) is 0 Å². The average Bonchev–Trinajstić information content (AvgIpc) is 3.05. The summed E-state index contributed by atoms with van der Waals surface area (Å²) in [5, 5.41) is 8.71. The molecular weight excluding hydrogens is 286 g/mol. The summed E-state index contributed by atoms with van der Waals surface area (Å²) in [6.07, 6.45) is 6.22.